The minimum Gasteiger partial charge on any atom is -0.341 e. The van der Waals surface area contributed by atoms with Gasteiger partial charge in [0.25, 0.3) is 0 Å². The summed E-state index contributed by atoms with van der Waals surface area (Å²) in [6.07, 6.45) is 2.11. The van der Waals surface area contributed by atoms with Crippen molar-refractivity contribution in [2.24, 2.45) is 0 Å². The van der Waals surface area contributed by atoms with Crippen LogP contribution in [-0.4, -0.2) is 36.5 Å². The van der Waals surface area contributed by atoms with Crippen LogP contribution in [0.2, 0.25) is 0 Å². The molecule has 20 heavy (non-hydrogen) atoms. The molecule has 0 aromatic heterocycles. The third-order valence-corrected chi connectivity index (χ3v) is 3.97. The van der Waals surface area contributed by atoms with E-state index >= 15 is 0 Å². The predicted octanol–water partition coefficient (Wildman–Crippen LogP) is 2.34. The quantitative estimate of drug-likeness (QED) is 0.783. The number of likely N-dealkylation sites (tertiary alicyclic amines) is 1. The molecule has 6 heteroatoms. The second-order valence-corrected chi connectivity index (χ2v) is 6.10. The van der Waals surface area contributed by atoms with Crippen LogP contribution >= 0.6 is 22.6 Å². The van der Waals surface area contributed by atoms with Crippen LogP contribution in [-0.2, 0) is 4.79 Å². The molecular formula is C14H18IN3O2. The number of amides is 3. The van der Waals surface area contributed by atoms with Gasteiger partial charge < -0.3 is 15.5 Å². The fraction of sp³-hybridized carbons (Fsp3) is 0.429. The standard InChI is InChI=1S/C14H18IN3O2/c1-10-8-11(15)4-5-12(10)17-14(20)16-9-13(19)18-6-2-3-7-18/h4-5,8H,2-3,6-7,9H2,1H3,(H2,16,17,20). The third kappa shape index (κ3) is 4.09. The summed E-state index contributed by atoms with van der Waals surface area (Å²) in [7, 11) is 0. The van der Waals surface area contributed by atoms with E-state index in [2.05, 4.69) is 33.2 Å². The molecule has 0 spiro atoms. The lowest BCUT2D eigenvalue weighted by Crippen LogP contribution is -2.40. The van der Waals surface area contributed by atoms with Crippen molar-refractivity contribution in [3.05, 3.63) is 27.3 Å². The molecule has 0 aliphatic carbocycles. The fourth-order valence-corrected chi connectivity index (χ4v) is 2.81. The number of nitrogens with one attached hydrogen (secondary N) is 2. The number of hydrogen-bond donors (Lipinski definition) is 2. The van der Waals surface area contributed by atoms with Crippen LogP contribution in [0.25, 0.3) is 0 Å². The molecule has 1 fully saturated rings. The lowest BCUT2D eigenvalue weighted by molar-refractivity contribution is -0.128. The van der Waals surface area contributed by atoms with Gasteiger partial charge in [-0.05, 0) is 66.1 Å². The number of anilines is 1. The van der Waals surface area contributed by atoms with Gasteiger partial charge in [-0.3, -0.25) is 4.79 Å². The second kappa shape index (κ2) is 6.92. The van der Waals surface area contributed by atoms with Gasteiger partial charge >= 0.3 is 6.03 Å². The highest BCUT2D eigenvalue weighted by atomic mass is 127. The molecule has 5 nitrogen and oxygen atoms in total. The Balaban J connectivity index is 1.81. The molecule has 3 amide bonds. The van der Waals surface area contributed by atoms with Gasteiger partial charge in [-0.25, -0.2) is 4.79 Å². The summed E-state index contributed by atoms with van der Waals surface area (Å²) in [5, 5.41) is 5.37. The number of hydrogen-bond acceptors (Lipinski definition) is 2. The first-order valence-corrected chi connectivity index (χ1v) is 7.73. The van der Waals surface area contributed by atoms with Crippen LogP contribution in [0.3, 0.4) is 0 Å². The molecule has 1 aliphatic rings. The molecule has 2 N–H and O–H groups in total. The van der Waals surface area contributed by atoms with Crippen molar-refractivity contribution in [1.29, 1.82) is 0 Å². The largest absolute Gasteiger partial charge is 0.341 e. The number of rotatable bonds is 3. The Bertz CT molecular complexity index is 513. The highest BCUT2D eigenvalue weighted by molar-refractivity contribution is 14.1. The third-order valence-electron chi connectivity index (χ3n) is 3.30. The summed E-state index contributed by atoms with van der Waals surface area (Å²) in [5.41, 5.74) is 1.76. The van der Waals surface area contributed by atoms with Crippen molar-refractivity contribution < 1.29 is 9.59 Å². The predicted molar refractivity (Wildman–Crippen MR) is 86.7 cm³/mol. The van der Waals surface area contributed by atoms with E-state index in [-0.39, 0.29) is 18.5 Å². The van der Waals surface area contributed by atoms with E-state index in [1.54, 1.807) is 4.90 Å². The molecule has 0 radical (unpaired) electrons. The van der Waals surface area contributed by atoms with Crippen LogP contribution in [0.15, 0.2) is 18.2 Å². The van der Waals surface area contributed by atoms with Gasteiger partial charge in [0.1, 0.15) is 0 Å². The maximum Gasteiger partial charge on any atom is 0.319 e. The van der Waals surface area contributed by atoms with Gasteiger partial charge in [0, 0.05) is 22.3 Å². The summed E-state index contributed by atoms with van der Waals surface area (Å²) in [5.74, 6) is -0.0167. The molecule has 0 saturated carbocycles. The smallest absolute Gasteiger partial charge is 0.319 e. The summed E-state index contributed by atoms with van der Waals surface area (Å²) < 4.78 is 1.12. The first-order chi connectivity index (χ1) is 9.56. The molecule has 1 aliphatic heterocycles. The van der Waals surface area contributed by atoms with E-state index in [4.69, 9.17) is 0 Å². The zero-order chi connectivity index (χ0) is 14.5. The monoisotopic (exact) mass is 387 g/mol. The Morgan fingerprint density at radius 1 is 1.30 bits per heavy atom. The summed E-state index contributed by atoms with van der Waals surface area (Å²) in [6, 6.07) is 5.44. The Morgan fingerprint density at radius 2 is 2.00 bits per heavy atom. The maximum absolute atomic E-state index is 11.8. The minimum atomic E-state index is -0.346. The number of benzene rings is 1. The molecule has 1 aromatic rings. The van der Waals surface area contributed by atoms with Crippen LogP contribution in [0, 0.1) is 10.5 Å². The average Bonchev–Trinajstić information content (AvgIpc) is 2.93. The van der Waals surface area contributed by atoms with Gasteiger partial charge in [-0.1, -0.05) is 0 Å². The van der Waals surface area contributed by atoms with E-state index in [1.807, 2.05) is 25.1 Å². The van der Waals surface area contributed by atoms with Crippen molar-refractivity contribution in [2.75, 3.05) is 25.0 Å². The molecular weight excluding hydrogens is 369 g/mol. The van der Waals surface area contributed by atoms with E-state index in [9.17, 15) is 9.59 Å². The molecule has 1 saturated heterocycles. The number of carbonyl (C=O) groups is 2. The minimum absolute atomic E-state index is 0.0167. The SMILES string of the molecule is Cc1cc(I)ccc1NC(=O)NCC(=O)N1CCCC1. The Morgan fingerprint density at radius 3 is 2.65 bits per heavy atom. The highest BCUT2D eigenvalue weighted by Gasteiger charge is 2.18. The van der Waals surface area contributed by atoms with E-state index in [0.29, 0.717) is 0 Å². The van der Waals surface area contributed by atoms with Crippen molar-refractivity contribution in [3.63, 3.8) is 0 Å². The Labute approximate surface area is 132 Å². The van der Waals surface area contributed by atoms with Crippen molar-refractivity contribution in [2.45, 2.75) is 19.8 Å². The first-order valence-electron chi connectivity index (χ1n) is 6.65. The Kier molecular flexibility index (Phi) is 5.22. The summed E-state index contributed by atoms with van der Waals surface area (Å²) in [4.78, 5) is 25.4. The van der Waals surface area contributed by atoms with E-state index in [1.165, 1.54) is 0 Å². The molecule has 0 atom stereocenters. The average molecular weight is 387 g/mol. The number of aryl methyl sites for hydroxylation is 1. The molecule has 1 heterocycles. The highest BCUT2D eigenvalue weighted by Crippen LogP contribution is 2.17. The fourth-order valence-electron chi connectivity index (χ4n) is 2.17. The van der Waals surface area contributed by atoms with Crippen molar-refractivity contribution in [1.82, 2.24) is 10.2 Å². The van der Waals surface area contributed by atoms with Gasteiger partial charge in [0.15, 0.2) is 0 Å². The molecule has 2 rings (SSSR count). The van der Waals surface area contributed by atoms with Crippen LogP contribution in [0.4, 0.5) is 10.5 Å². The van der Waals surface area contributed by atoms with Gasteiger partial charge in [0.05, 0.1) is 6.54 Å². The van der Waals surface area contributed by atoms with Gasteiger partial charge in [0.2, 0.25) is 5.91 Å². The first kappa shape index (κ1) is 15.1. The van der Waals surface area contributed by atoms with Crippen LogP contribution < -0.4 is 10.6 Å². The summed E-state index contributed by atoms with van der Waals surface area (Å²) >= 11 is 2.22. The molecule has 0 unspecified atom stereocenters. The zero-order valence-electron chi connectivity index (χ0n) is 11.4. The van der Waals surface area contributed by atoms with Crippen LogP contribution in [0.1, 0.15) is 18.4 Å². The number of nitrogens with zero attached hydrogens (tertiary/aromatic N) is 1. The molecule has 1 aromatic carbocycles. The Hall–Kier alpha value is -1.31. The summed E-state index contributed by atoms with van der Waals surface area (Å²) in [6.45, 7) is 3.60. The van der Waals surface area contributed by atoms with Crippen molar-refractivity contribution >= 4 is 40.2 Å². The second-order valence-electron chi connectivity index (χ2n) is 4.85. The zero-order valence-corrected chi connectivity index (χ0v) is 13.6. The van der Waals surface area contributed by atoms with E-state index < -0.39 is 0 Å². The van der Waals surface area contributed by atoms with Gasteiger partial charge in [-0.15, -0.1) is 0 Å². The molecule has 108 valence electrons. The topological polar surface area (TPSA) is 61.4 Å². The van der Waals surface area contributed by atoms with E-state index in [0.717, 1.165) is 40.8 Å². The number of halogens is 1. The number of urea groups is 1. The lowest BCUT2D eigenvalue weighted by Gasteiger charge is -2.16. The molecule has 0 bridgehead atoms. The number of carbonyl (C=O) groups excluding carboxylic acids is 2. The van der Waals surface area contributed by atoms with Crippen molar-refractivity contribution in [3.8, 4) is 0 Å². The normalized spacial score (nSPS) is 14.2. The maximum atomic E-state index is 11.8. The van der Waals surface area contributed by atoms with Crippen LogP contribution in [0.5, 0.6) is 0 Å². The van der Waals surface area contributed by atoms with Gasteiger partial charge in [-0.2, -0.15) is 0 Å². The lowest BCUT2D eigenvalue weighted by atomic mass is 10.2.